The molecule has 188 valence electrons. The molecule has 1 atom stereocenters. The van der Waals surface area contributed by atoms with Gasteiger partial charge in [0.2, 0.25) is 5.91 Å². The first-order valence-electron chi connectivity index (χ1n) is 11.8. The highest BCUT2D eigenvalue weighted by Gasteiger charge is 2.41. The second kappa shape index (κ2) is 11.7. The maximum atomic E-state index is 13.7. The fourth-order valence-electron chi connectivity index (χ4n) is 3.95. The van der Waals surface area contributed by atoms with Crippen LogP contribution in [-0.4, -0.2) is 30.8 Å². The molecule has 1 N–H and O–H groups in total. The maximum Gasteiger partial charge on any atom is 0.269 e. The van der Waals surface area contributed by atoms with Gasteiger partial charge in [-0.25, -0.2) is 0 Å². The van der Waals surface area contributed by atoms with Crippen molar-refractivity contribution in [1.82, 2.24) is 0 Å². The number of hydrogen-bond acceptors (Lipinski definition) is 6. The molecular formula is C29H27N3O4S. The van der Waals surface area contributed by atoms with Gasteiger partial charge in [-0.2, -0.15) is 5.26 Å². The van der Waals surface area contributed by atoms with Crippen molar-refractivity contribution in [2.45, 2.75) is 25.5 Å². The van der Waals surface area contributed by atoms with Crippen LogP contribution in [0.3, 0.4) is 0 Å². The number of amides is 2. The summed E-state index contributed by atoms with van der Waals surface area (Å²) in [6, 6.07) is 24.0. The van der Waals surface area contributed by atoms with Crippen molar-refractivity contribution in [3.63, 3.8) is 0 Å². The lowest BCUT2D eigenvalue weighted by molar-refractivity contribution is -0.117. The zero-order chi connectivity index (χ0) is 26.4. The van der Waals surface area contributed by atoms with Gasteiger partial charge in [-0.15, -0.1) is 0 Å². The average molecular weight is 514 g/mol. The minimum absolute atomic E-state index is 0.149. The van der Waals surface area contributed by atoms with Gasteiger partial charge in [0, 0.05) is 5.69 Å². The molecule has 8 heteroatoms. The molecular weight excluding hydrogens is 486 g/mol. The lowest BCUT2D eigenvalue weighted by Gasteiger charge is -2.19. The van der Waals surface area contributed by atoms with Crippen LogP contribution in [0.25, 0.3) is 0 Å². The summed E-state index contributed by atoms with van der Waals surface area (Å²) in [5, 5.41) is 12.6. The maximum absolute atomic E-state index is 13.7. The number of hydrogen-bond donors (Lipinski definition) is 1. The van der Waals surface area contributed by atoms with Gasteiger partial charge in [0.15, 0.2) is 0 Å². The second-order valence-corrected chi connectivity index (χ2v) is 9.53. The predicted molar refractivity (Wildman–Crippen MR) is 146 cm³/mol. The van der Waals surface area contributed by atoms with Gasteiger partial charge >= 0.3 is 0 Å². The third-order valence-electron chi connectivity index (χ3n) is 5.81. The number of benzene rings is 3. The number of rotatable bonds is 8. The van der Waals surface area contributed by atoms with Crippen LogP contribution in [0.1, 0.15) is 18.1 Å². The van der Waals surface area contributed by atoms with E-state index in [0.717, 1.165) is 11.1 Å². The fraction of sp³-hybridized carbons (Fsp3) is 0.207. The normalized spacial score (nSPS) is 16.2. The Labute approximate surface area is 220 Å². The summed E-state index contributed by atoms with van der Waals surface area (Å²) in [6.07, 6.45) is 0.466. The second-order valence-electron chi connectivity index (χ2n) is 8.34. The molecule has 3 aromatic carbocycles. The van der Waals surface area contributed by atoms with Crippen molar-refractivity contribution in [1.29, 1.82) is 5.26 Å². The van der Waals surface area contributed by atoms with Crippen LogP contribution in [-0.2, 0) is 16.0 Å². The SMILES string of the molecule is CCOc1ccc(N2C(=O)C(Cc3ccc(C)cc3)S/C2=C(/C#N)C(=O)Nc2ccccc2OC)cc1. The monoisotopic (exact) mass is 513 g/mol. The number of methoxy groups -OCH3 is 1. The minimum Gasteiger partial charge on any atom is -0.495 e. The zero-order valence-corrected chi connectivity index (χ0v) is 21.7. The molecule has 7 nitrogen and oxygen atoms in total. The van der Waals surface area contributed by atoms with Gasteiger partial charge in [-0.3, -0.25) is 14.5 Å². The van der Waals surface area contributed by atoms with Crippen molar-refractivity contribution >= 4 is 35.0 Å². The van der Waals surface area contributed by atoms with E-state index < -0.39 is 11.2 Å². The molecule has 1 aliphatic heterocycles. The van der Waals surface area contributed by atoms with Crippen LogP contribution in [0.5, 0.6) is 11.5 Å². The third-order valence-corrected chi connectivity index (χ3v) is 7.07. The minimum atomic E-state index is -0.616. The molecule has 0 radical (unpaired) electrons. The van der Waals surface area contributed by atoms with Crippen molar-refractivity contribution in [3.8, 4) is 17.6 Å². The summed E-state index contributed by atoms with van der Waals surface area (Å²) in [6.45, 7) is 4.42. The quantitative estimate of drug-likeness (QED) is 0.317. The largest absolute Gasteiger partial charge is 0.495 e. The lowest BCUT2D eigenvalue weighted by atomic mass is 10.1. The first-order valence-corrected chi connectivity index (χ1v) is 12.7. The highest BCUT2D eigenvalue weighted by Crippen LogP contribution is 2.42. The summed E-state index contributed by atoms with van der Waals surface area (Å²) >= 11 is 1.23. The standard InChI is InChI=1S/C29H27N3O4S/c1-4-36-22-15-13-21(14-16-22)32-28(34)26(17-20-11-9-19(2)10-12-20)37-29(32)23(18-30)27(33)31-24-7-5-6-8-25(24)35-3/h5-16,26H,4,17H2,1-3H3,(H,31,33)/b29-23-. The number of carbonyl (C=O) groups excluding carboxylic acids is 2. The fourth-order valence-corrected chi connectivity index (χ4v) is 5.26. The molecule has 0 aliphatic carbocycles. The molecule has 1 saturated heterocycles. The van der Waals surface area contributed by atoms with Gasteiger partial charge in [0.25, 0.3) is 5.91 Å². The number of anilines is 2. The number of nitrogens with zero attached hydrogens (tertiary/aromatic N) is 2. The van der Waals surface area contributed by atoms with Crippen LogP contribution in [0.15, 0.2) is 83.4 Å². The van der Waals surface area contributed by atoms with Crippen molar-refractivity contribution in [2.75, 3.05) is 23.9 Å². The van der Waals surface area contributed by atoms with Crippen molar-refractivity contribution < 1.29 is 19.1 Å². The van der Waals surface area contributed by atoms with Gasteiger partial charge in [-0.05, 0) is 62.2 Å². The first-order chi connectivity index (χ1) is 17.9. The first kappa shape index (κ1) is 25.9. The molecule has 1 fully saturated rings. The van der Waals surface area contributed by atoms with E-state index in [4.69, 9.17) is 9.47 Å². The van der Waals surface area contributed by atoms with Crippen molar-refractivity contribution in [3.05, 3.63) is 94.5 Å². The lowest BCUT2D eigenvalue weighted by Crippen LogP contribution is -2.30. The van der Waals surface area contributed by atoms with Crippen LogP contribution < -0.4 is 19.7 Å². The number of ether oxygens (including phenoxy) is 2. The van der Waals surface area contributed by atoms with Gasteiger partial charge in [0.05, 0.1) is 24.7 Å². The summed E-state index contributed by atoms with van der Waals surface area (Å²) in [5.74, 6) is 0.326. The predicted octanol–water partition coefficient (Wildman–Crippen LogP) is 5.47. The number of aryl methyl sites for hydroxylation is 1. The summed E-state index contributed by atoms with van der Waals surface area (Å²) in [5.41, 5.74) is 2.97. The van der Waals surface area contributed by atoms with Crippen LogP contribution in [0.2, 0.25) is 0 Å². The average Bonchev–Trinajstić information content (AvgIpc) is 3.22. The number of carbonyl (C=O) groups is 2. The molecule has 4 rings (SSSR count). The van der Waals surface area contributed by atoms with Crippen LogP contribution >= 0.6 is 11.8 Å². The molecule has 1 unspecified atom stereocenters. The van der Waals surface area contributed by atoms with Gasteiger partial charge < -0.3 is 14.8 Å². The number of para-hydroxylation sites is 2. The zero-order valence-electron chi connectivity index (χ0n) is 20.9. The third kappa shape index (κ3) is 5.79. The van der Waals surface area contributed by atoms with Crippen molar-refractivity contribution in [2.24, 2.45) is 0 Å². The molecule has 0 spiro atoms. The van der Waals surface area contributed by atoms with Crippen LogP contribution in [0.4, 0.5) is 11.4 Å². The Bertz CT molecular complexity index is 1360. The smallest absolute Gasteiger partial charge is 0.269 e. The van der Waals surface area contributed by atoms with Gasteiger partial charge in [0.1, 0.15) is 28.2 Å². The van der Waals surface area contributed by atoms with E-state index in [1.54, 1.807) is 48.5 Å². The van der Waals surface area contributed by atoms with E-state index in [1.165, 1.54) is 23.8 Å². The molecule has 0 saturated carbocycles. The molecule has 0 aromatic heterocycles. The Morgan fingerprint density at radius 3 is 2.43 bits per heavy atom. The van der Waals surface area contributed by atoms with E-state index in [2.05, 4.69) is 5.32 Å². The highest BCUT2D eigenvalue weighted by molar-refractivity contribution is 8.05. The molecule has 1 aliphatic rings. The van der Waals surface area contributed by atoms with Crippen LogP contribution in [0, 0.1) is 18.3 Å². The highest BCUT2D eigenvalue weighted by atomic mass is 32.2. The molecule has 3 aromatic rings. The molecule has 0 bridgehead atoms. The molecule has 37 heavy (non-hydrogen) atoms. The van der Waals surface area contributed by atoms with E-state index in [-0.39, 0.29) is 11.5 Å². The number of thioether (sulfide) groups is 1. The molecule has 2 amide bonds. The summed E-state index contributed by atoms with van der Waals surface area (Å²) in [4.78, 5) is 28.4. The Balaban J connectivity index is 1.72. The number of nitrogens with one attached hydrogen (secondary N) is 1. The Hall–Kier alpha value is -4.22. The Morgan fingerprint density at radius 2 is 1.78 bits per heavy atom. The van der Waals surface area contributed by atoms with Gasteiger partial charge in [-0.1, -0.05) is 53.7 Å². The van der Waals surface area contributed by atoms with E-state index >= 15 is 0 Å². The summed E-state index contributed by atoms with van der Waals surface area (Å²) in [7, 11) is 1.50. The summed E-state index contributed by atoms with van der Waals surface area (Å²) < 4.78 is 10.9. The van der Waals surface area contributed by atoms with E-state index in [9.17, 15) is 14.9 Å². The van der Waals surface area contributed by atoms with E-state index in [0.29, 0.717) is 40.9 Å². The van der Waals surface area contributed by atoms with E-state index in [1.807, 2.05) is 44.2 Å². The Morgan fingerprint density at radius 1 is 1.08 bits per heavy atom. The topological polar surface area (TPSA) is 91.7 Å². The number of nitriles is 1. The molecule has 1 heterocycles. The Kier molecular flexibility index (Phi) is 8.16.